The Morgan fingerprint density at radius 2 is 2.21 bits per heavy atom. The Balaban J connectivity index is 1.97. The second kappa shape index (κ2) is 3.91. The van der Waals surface area contributed by atoms with Crippen LogP contribution >= 0.6 is 0 Å². The van der Waals surface area contributed by atoms with Crippen molar-refractivity contribution in [1.82, 2.24) is 0 Å². The lowest BCUT2D eigenvalue weighted by Crippen LogP contribution is -2.19. The molecule has 0 aromatic heterocycles. The van der Waals surface area contributed by atoms with Crippen LogP contribution in [0, 0.1) is 12.8 Å². The Hall–Kier alpha value is -1.18. The van der Waals surface area contributed by atoms with E-state index in [1.807, 2.05) is 25.1 Å². The van der Waals surface area contributed by atoms with Gasteiger partial charge in [0.2, 0.25) is 0 Å². The summed E-state index contributed by atoms with van der Waals surface area (Å²) in [7, 11) is 0. The zero-order valence-corrected chi connectivity index (χ0v) is 8.62. The molecule has 0 bridgehead atoms. The number of benzene rings is 1. The minimum Gasteiger partial charge on any atom is -0.491 e. The zero-order valence-electron chi connectivity index (χ0n) is 8.62. The second-order valence-electron chi connectivity index (χ2n) is 4.09. The predicted molar refractivity (Wildman–Crippen MR) is 58.4 cm³/mol. The van der Waals surface area contributed by atoms with Gasteiger partial charge >= 0.3 is 0 Å². The molecule has 2 N–H and O–H groups in total. The van der Waals surface area contributed by atoms with E-state index in [9.17, 15) is 0 Å². The molecule has 1 aliphatic carbocycles. The van der Waals surface area contributed by atoms with Crippen LogP contribution in [0.25, 0.3) is 0 Å². The second-order valence-corrected chi connectivity index (χ2v) is 4.09. The summed E-state index contributed by atoms with van der Waals surface area (Å²) in [6.07, 6.45) is 3.98. The highest BCUT2D eigenvalue weighted by Crippen LogP contribution is 2.29. The van der Waals surface area contributed by atoms with Crippen molar-refractivity contribution >= 4 is 5.69 Å². The fraction of sp³-hybridized carbons (Fsp3) is 0.500. The van der Waals surface area contributed by atoms with Crippen LogP contribution in [0.15, 0.2) is 18.2 Å². The van der Waals surface area contributed by atoms with Crippen molar-refractivity contribution in [2.24, 2.45) is 5.92 Å². The Morgan fingerprint density at radius 1 is 1.43 bits per heavy atom. The van der Waals surface area contributed by atoms with Gasteiger partial charge in [0.25, 0.3) is 0 Å². The van der Waals surface area contributed by atoms with Gasteiger partial charge in [-0.25, -0.2) is 0 Å². The molecule has 1 fully saturated rings. The lowest BCUT2D eigenvalue weighted by molar-refractivity contribution is 0.181. The summed E-state index contributed by atoms with van der Waals surface area (Å²) in [5.41, 5.74) is 7.78. The molecule has 0 amide bonds. The van der Waals surface area contributed by atoms with Gasteiger partial charge in [-0.1, -0.05) is 18.6 Å². The molecule has 2 nitrogen and oxygen atoms in total. The number of para-hydroxylation sites is 1. The van der Waals surface area contributed by atoms with E-state index in [1.54, 1.807) is 0 Å². The summed E-state index contributed by atoms with van der Waals surface area (Å²) in [5, 5.41) is 0. The van der Waals surface area contributed by atoms with E-state index < -0.39 is 0 Å². The Morgan fingerprint density at radius 3 is 2.86 bits per heavy atom. The molecule has 0 spiro atoms. The number of rotatable bonds is 3. The number of ether oxygens (including phenoxy) is 1. The molecule has 0 aliphatic heterocycles. The topological polar surface area (TPSA) is 35.2 Å². The molecule has 2 rings (SSSR count). The molecule has 1 aliphatic rings. The molecule has 1 aromatic rings. The van der Waals surface area contributed by atoms with Gasteiger partial charge in [0, 0.05) is 0 Å². The third kappa shape index (κ3) is 1.84. The van der Waals surface area contributed by atoms with Crippen molar-refractivity contribution < 1.29 is 4.74 Å². The minimum atomic E-state index is 0.759. The van der Waals surface area contributed by atoms with Crippen molar-refractivity contribution in [2.45, 2.75) is 26.2 Å². The van der Waals surface area contributed by atoms with Crippen molar-refractivity contribution in [1.29, 1.82) is 0 Å². The minimum absolute atomic E-state index is 0.759. The molecule has 1 saturated carbocycles. The monoisotopic (exact) mass is 191 g/mol. The molecule has 0 radical (unpaired) electrons. The van der Waals surface area contributed by atoms with E-state index in [0.717, 1.165) is 29.5 Å². The van der Waals surface area contributed by atoms with Gasteiger partial charge in [0.1, 0.15) is 5.75 Å². The molecule has 76 valence electrons. The fourth-order valence-electron chi connectivity index (χ4n) is 1.65. The van der Waals surface area contributed by atoms with Gasteiger partial charge in [-0.3, -0.25) is 0 Å². The summed E-state index contributed by atoms with van der Waals surface area (Å²) in [6, 6.07) is 5.94. The number of hydrogen-bond donors (Lipinski definition) is 1. The first-order valence-electron chi connectivity index (χ1n) is 5.25. The van der Waals surface area contributed by atoms with E-state index >= 15 is 0 Å². The van der Waals surface area contributed by atoms with Crippen LogP contribution in [0.5, 0.6) is 5.75 Å². The fourth-order valence-corrected chi connectivity index (χ4v) is 1.65. The van der Waals surface area contributed by atoms with Crippen LogP contribution in [0.2, 0.25) is 0 Å². The summed E-state index contributed by atoms with van der Waals surface area (Å²) < 4.78 is 5.70. The van der Waals surface area contributed by atoms with E-state index in [2.05, 4.69) is 0 Å². The molecule has 0 saturated heterocycles. The van der Waals surface area contributed by atoms with Crippen LogP contribution in [0.3, 0.4) is 0 Å². The molecule has 0 heterocycles. The molecule has 14 heavy (non-hydrogen) atoms. The van der Waals surface area contributed by atoms with Gasteiger partial charge in [0.05, 0.1) is 12.3 Å². The van der Waals surface area contributed by atoms with Crippen LogP contribution in [0.4, 0.5) is 5.69 Å². The smallest absolute Gasteiger partial charge is 0.142 e. The normalized spacial score (nSPS) is 16.4. The highest BCUT2D eigenvalue weighted by molar-refractivity contribution is 5.57. The Kier molecular flexibility index (Phi) is 2.62. The largest absolute Gasteiger partial charge is 0.491 e. The van der Waals surface area contributed by atoms with Crippen molar-refractivity contribution in [3.05, 3.63) is 23.8 Å². The number of aryl methyl sites for hydroxylation is 1. The van der Waals surface area contributed by atoms with E-state index in [4.69, 9.17) is 10.5 Å². The average Bonchev–Trinajstić information content (AvgIpc) is 2.09. The molecule has 0 atom stereocenters. The third-order valence-corrected chi connectivity index (χ3v) is 2.98. The van der Waals surface area contributed by atoms with Crippen LogP contribution in [0.1, 0.15) is 24.8 Å². The van der Waals surface area contributed by atoms with Crippen molar-refractivity contribution in [2.75, 3.05) is 12.3 Å². The van der Waals surface area contributed by atoms with E-state index in [0.29, 0.717) is 0 Å². The molecule has 0 unspecified atom stereocenters. The molecule has 2 heteroatoms. The summed E-state index contributed by atoms with van der Waals surface area (Å²) in [5.74, 6) is 1.60. The molecular weight excluding hydrogens is 174 g/mol. The van der Waals surface area contributed by atoms with Crippen LogP contribution in [-0.4, -0.2) is 6.61 Å². The van der Waals surface area contributed by atoms with Gasteiger partial charge in [-0.15, -0.1) is 0 Å². The number of nitrogen functional groups attached to an aromatic ring is 1. The highest BCUT2D eigenvalue weighted by Gasteiger charge is 2.18. The number of nitrogens with two attached hydrogens (primary N) is 1. The van der Waals surface area contributed by atoms with E-state index in [1.165, 1.54) is 19.3 Å². The maximum absolute atomic E-state index is 5.90. The quantitative estimate of drug-likeness (QED) is 0.745. The first-order valence-corrected chi connectivity index (χ1v) is 5.25. The van der Waals surface area contributed by atoms with Gasteiger partial charge in [0.15, 0.2) is 0 Å². The van der Waals surface area contributed by atoms with Crippen LogP contribution in [-0.2, 0) is 0 Å². The predicted octanol–water partition coefficient (Wildman–Crippen LogP) is 2.76. The Bertz CT molecular complexity index is 318. The molecule has 1 aromatic carbocycles. The standard InChI is InChI=1S/C12H17NO/c1-9-4-2-7-11(12(9)13)14-8-10-5-3-6-10/h2,4,7,10H,3,5-6,8,13H2,1H3. The van der Waals surface area contributed by atoms with Crippen LogP contribution < -0.4 is 10.5 Å². The van der Waals surface area contributed by atoms with Crippen molar-refractivity contribution in [3.63, 3.8) is 0 Å². The van der Waals surface area contributed by atoms with Gasteiger partial charge in [-0.2, -0.15) is 0 Å². The first-order chi connectivity index (χ1) is 6.77. The maximum atomic E-state index is 5.90. The lowest BCUT2D eigenvalue weighted by Gasteiger charge is -2.25. The van der Waals surface area contributed by atoms with Gasteiger partial charge < -0.3 is 10.5 Å². The van der Waals surface area contributed by atoms with Gasteiger partial charge in [-0.05, 0) is 37.3 Å². The van der Waals surface area contributed by atoms with Crippen molar-refractivity contribution in [3.8, 4) is 5.75 Å². The zero-order chi connectivity index (χ0) is 9.97. The average molecular weight is 191 g/mol. The highest BCUT2D eigenvalue weighted by atomic mass is 16.5. The third-order valence-electron chi connectivity index (χ3n) is 2.98. The first kappa shape index (κ1) is 9.38. The summed E-state index contributed by atoms with van der Waals surface area (Å²) >= 11 is 0. The lowest BCUT2D eigenvalue weighted by atomic mass is 9.86. The molecular formula is C12H17NO. The SMILES string of the molecule is Cc1cccc(OCC2CCC2)c1N. The maximum Gasteiger partial charge on any atom is 0.142 e. The summed E-state index contributed by atoms with van der Waals surface area (Å²) in [6.45, 7) is 2.83. The number of hydrogen-bond acceptors (Lipinski definition) is 2. The summed E-state index contributed by atoms with van der Waals surface area (Å²) in [4.78, 5) is 0. The number of anilines is 1. The van der Waals surface area contributed by atoms with E-state index in [-0.39, 0.29) is 0 Å². The Labute approximate surface area is 85.1 Å².